The first-order valence-electron chi connectivity index (χ1n) is 6.70. The number of benzene rings is 2. The lowest BCUT2D eigenvalue weighted by molar-refractivity contribution is 0.628. The van der Waals surface area contributed by atoms with Gasteiger partial charge in [0.15, 0.2) is 5.82 Å². The molecule has 0 saturated carbocycles. The summed E-state index contributed by atoms with van der Waals surface area (Å²) in [6, 6.07) is 13.7. The Kier molecular flexibility index (Phi) is 2.86. The van der Waals surface area contributed by atoms with Crippen molar-refractivity contribution in [2.75, 3.05) is 0 Å². The van der Waals surface area contributed by atoms with E-state index in [2.05, 4.69) is 20.3 Å². The van der Waals surface area contributed by atoms with Crippen LogP contribution < -0.4 is 0 Å². The van der Waals surface area contributed by atoms with E-state index in [9.17, 15) is 4.39 Å². The van der Waals surface area contributed by atoms with Gasteiger partial charge in [0.05, 0.1) is 23.4 Å². The van der Waals surface area contributed by atoms with Crippen LogP contribution >= 0.6 is 0 Å². The minimum absolute atomic E-state index is 0.281. The Labute approximate surface area is 125 Å². The molecule has 0 atom stereocenters. The number of para-hydroxylation sites is 2. The van der Waals surface area contributed by atoms with Crippen molar-refractivity contribution in [1.82, 2.24) is 25.0 Å². The van der Waals surface area contributed by atoms with Crippen LogP contribution in [-0.4, -0.2) is 25.0 Å². The second kappa shape index (κ2) is 5.00. The highest BCUT2D eigenvalue weighted by atomic mass is 19.1. The number of halogens is 1. The molecule has 0 aliphatic heterocycles. The molecule has 0 unspecified atom stereocenters. The van der Waals surface area contributed by atoms with Crippen molar-refractivity contribution in [1.29, 1.82) is 0 Å². The van der Waals surface area contributed by atoms with E-state index in [0.29, 0.717) is 11.5 Å². The van der Waals surface area contributed by atoms with E-state index in [4.69, 9.17) is 0 Å². The Morgan fingerprint density at radius 1 is 0.909 bits per heavy atom. The molecule has 0 aliphatic carbocycles. The lowest BCUT2D eigenvalue weighted by atomic mass is 10.2. The van der Waals surface area contributed by atoms with Gasteiger partial charge in [-0.05, 0) is 36.4 Å². The highest BCUT2D eigenvalue weighted by molar-refractivity contribution is 5.74. The first-order chi connectivity index (χ1) is 10.8. The van der Waals surface area contributed by atoms with Gasteiger partial charge in [-0.3, -0.25) is 4.98 Å². The maximum Gasteiger partial charge on any atom is 0.174 e. The second-order valence-electron chi connectivity index (χ2n) is 4.77. The molecule has 6 heteroatoms. The third-order valence-corrected chi connectivity index (χ3v) is 3.30. The summed E-state index contributed by atoms with van der Waals surface area (Å²) in [4.78, 5) is 8.85. The largest absolute Gasteiger partial charge is 0.251 e. The SMILES string of the molecule is Fc1ccc(-c2cn(-c3cnc4ccccc4n3)nn2)cc1. The molecule has 0 N–H and O–H groups in total. The topological polar surface area (TPSA) is 56.5 Å². The lowest BCUT2D eigenvalue weighted by Gasteiger charge is -2.00. The van der Waals surface area contributed by atoms with Crippen LogP contribution in [0.25, 0.3) is 28.1 Å². The third-order valence-electron chi connectivity index (χ3n) is 3.30. The molecule has 5 nitrogen and oxygen atoms in total. The molecule has 22 heavy (non-hydrogen) atoms. The Balaban J connectivity index is 1.74. The summed E-state index contributed by atoms with van der Waals surface area (Å²) in [5, 5.41) is 8.16. The molecule has 0 fully saturated rings. The van der Waals surface area contributed by atoms with Crippen LogP contribution in [0.3, 0.4) is 0 Å². The average Bonchev–Trinajstić information content (AvgIpc) is 3.05. The normalized spacial score (nSPS) is 11.0. The number of hydrogen-bond acceptors (Lipinski definition) is 4. The monoisotopic (exact) mass is 291 g/mol. The highest BCUT2D eigenvalue weighted by Crippen LogP contribution is 2.18. The molecule has 106 valence electrons. The van der Waals surface area contributed by atoms with E-state index in [0.717, 1.165) is 16.6 Å². The van der Waals surface area contributed by atoms with Crippen molar-refractivity contribution in [3.8, 4) is 17.1 Å². The summed E-state index contributed by atoms with van der Waals surface area (Å²) in [6.07, 6.45) is 3.39. The molecule has 2 aromatic carbocycles. The molecule has 4 rings (SSSR count). The smallest absolute Gasteiger partial charge is 0.174 e. The summed E-state index contributed by atoms with van der Waals surface area (Å²) in [5.74, 6) is 0.302. The van der Waals surface area contributed by atoms with Gasteiger partial charge in [-0.15, -0.1) is 5.10 Å². The Morgan fingerprint density at radius 2 is 1.68 bits per heavy atom. The fourth-order valence-corrected chi connectivity index (χ4v) is 2.19. The fraction of sp³-hybridized carbons (Fsp3) is 0. The van der Waals surface area contributed by atoms with Crippen LogP contribution in [0.2, 0.25) is 0 Å². The van der Waals surface area contributed by atoms with Gasteiger partial charge in [0.1, 0.15) is 11.5 Å². The molecule has 0 aliphatic rings. The maximum atomic E-state index is 13.0. The van der Waals surface area contributed by atoms with Gasteiger partial charge in [-0.1, -0.05) is 17.3 Å². The minimum atomic E-state index is -0.281. The summed E-state index contributed by atoms with van der Waals surface area (Å²) in [5.41, 5.74) is 3.06. The average molecular weight is 291 g/mol. The first-order valence-corrected chi connectivity index (χ1v) is 6.70. The van der Waals surface area contributed by atoms with Crippen LogP contribution in [0, 0.1) is 5.82 Å². The van der Waals surface area contributed by atoms with Gasteiger partial charge < -0.3 is 0 Å². The van der Waals surface area contributed by atoms with Crippen LogP contribution in [0.4, 0.5) is 4.39 Å². The summed E-state index contributed by atoms with van der Waals surface area (Å²) >= 11 is 0. The van der Waals surface area contributed by atoms with Crippen molar-refractivity contribution in [3.05, 3.63) is 66.7 Å². The second-order valence-corrected chi connectivity index (χ2v) is 4.77. The highest BCUT2D eigenvalue weighted by Gasteiger charge is 2.07. The quantitative estimate of drug-likeness (QED) is 0.569. The summed E-state index contributed by atoms with van der Waals surface area (Å²) < 4.78 is 14.5. The molecule has 0 saturated heterocycles. The first kappa shape index (κ1) is 12.6. The molecular weight excluding hydrogens is 281 g/mol. The van der Waals surface area contributed by atoms with E-state index in [1.807, 2.05) is 24.3 Å². The van der Waals surface area contributed by atoms with Crippen molar-refractivity contribution in [3.63, 3.8) is 0 Å². The van der Waals surface area contributed by atoms with Gasteiger partial charge in [-0.25, -0.2) is 14.1 Å². The van der Waals surface area contributed by atoms with Crippen LogP contribution in [0.5, 0.6) is 0 Å². The van der Waals surface area contributed by atoms with Crippen molar-refractivity contribution < 1.29 is 4.39 Å². The van der Waals surface area contributed by atoms with Crippen molar-refractivity contribution in [2.24, 2.45) is 0 Å². The number of rotatable bonds is 2. The van der Waals surface area contributed by atoms with Crippen LogP contribution in [-0.2, 0) is 0 Å². The molecule has 0 radical (unpaired) electrons. The predicted octanol–water partition coefficient (Wildman–Crippen LogP) is 3.02. The van der Waals surface area contributed by atoms with Crippen molar-refractivity contribution in [2.45, 2.75) is 0 Å². The standard InChI is InChI=1S/C16H10FN5/c17-12-7-5-11(6-8-12)15-10-22(21-20-15)16-9-18-13-3-1-2-4-14(13)19-16/h1-10H. The third kappa shape index (κ3) is 2.20. The molecule has 2 heterocycles. The van der Waals surface area contributed by atoms with Gasteiger partial charge >= 0.3 is 0 Å². The Morgan fingerprint density at radius 3 is 2.50 bits per heavy atom. The van der Waals surface area contributed by atoms with E-state index >= 15 is 0 Å². The molecule has 0 bridgehead atoms. The lowest BCUT2D eigenvalue weighted by Crippen LogP contribution is -1.99. The number of aromatic nitrogens is 5. The fourth-order valence-electron chi connectivity index (χ4n) is 2.19. The van der Waals surface area contributed by atoms with E-state index in [1.165, 1.54) is 12.1 Å². The van der Waals surface area contributed by atoms with Gasteiger partial charge in [0.2, 0.25) is 0 Å². The molecule has 2 aromatic heterocycles. The van der Waals surface area contributed by atoms with Gasteiger partial charge in [-0.2, -0.15) is 0 Å². The van der Waals surface area contributed by atoms with Crippen LogP contribution in [0.1, 0.15) is 0 Å². The van der Waals surface area contributed by atoms with E-state index in [1.54, 1.807) is 29.2 Å². The number of nitrogens with zero attached hydrogens (tertiary/aromatic N) is 5. The zero-order valence-electron chi connectivity index (χ0n) is 11.4. The summed E-state index contributed by atoms with van der Waals surface area (Å²) in [7, 11) is 0. The molecule has 0 amide bonds. The molecule has 0 spiro atoms. The van der Waals surface area contributed by atoms with Gasteiger partial charge in [0, 0.05) is 5.56 Å². The summed E-state index contributed by atoms with van der Waals surface area (Å²) in [6.45, 7) is 0. The predicted molar refractivity (Wildman–Crippen MR) is 79.8 cm³/mol. The Hall–Kier alpha value is -3.15. The maximum absolute atomic E-state index is 13.0. The number of hydrogen-bond donors (Lipinski definition) is 0. The van der Waals surface area contributed by atoms with Crippen molar-refractivity contribution >= 4 is 11.0 Å². The van der Waals surface area contributed by atoms with Gasteiger partial charge in [0.25, 0.3) is 0 Å². The molecule has 4 aromatic rings. The number of fused-ring (bicyclic) bond motifs is 1. The molecular formula is C16H10FN5. The van der Waals surface area contributed by atoms with Crippen LogP contribution in [0.15, 0.2) is 60.9 Å². The van der Waals surface area contributed by atoms with E-state index < -0.39 is 0 Å². The minimum Gasteiger partial charge on any atom is -0.251 e. The van der Waals surface area contributed by atoms with E-state index in [-0.39, 0.29) is 5.82 Å². The Bertz CT molecular complexity index is 946. The zero-order valence-corrected chi connectivity index (χ0v) is 11.4. The zero-order chi connectivity index (χ0) is 14.9.